The van der Waals surface area contributed by atoms with Crippen molar-refractivity contribution in [3.8, 4) is 5.75 Å². The second kappa shape index (κ2) is 7.87. The Morgan fingerprint density at radius 2 is 2.05 bits per heavy atom. The molecule has 1 saturated heterocycles. The third kappa shape index (κ3) is 5.73. The van der Waals surface area contributed by atoms with Crippen LogP contribution in [0, 0.1) is 0 Å². The number of benzene rings is 1. The van der Waals surface area contributed by atoms with E-state index >= 15 is 0 Å². The predicted octanol–water partition coefficient (Wildman–Crippen LogP) is 3.32. The van der Waals surface area contributed by atoms with E-state index in [0.717, 1.165) is 31.4 Å². The maximum absolute atomic E-state index is 12.2. The molecule has 0 aliphatic carbocycles. The fourth-order valence-corrected chi connectivity index (χ4v) is 2.61. The molecule has 0 aromatic heterocycles. The molecule has 0 amide bonds. The van der Waals surface area contributed by atoms with Crippen LogP contribution in [0.15, 0.2) is 24.3 Å². The molecule has 1 aliphatic rings. The van der Waals surface area contributed by atoms with Crippen LogP contribution in [0.2, 0.25) is 0 Å². The van der Waals surface area contributed by atoms with E-state index in [1.54, 1.807) is 6.07 Å². The molecule has 2 N–H and O–H groups in total. The number of likely N-dealkylation sites (tertiary alicyclic amines) is 1. The molecule has 3 nitrogen and oxygen atoms in total. The summed E-state index contributed by atoms with van der Waals surface area (Å²) in [5.41, 5.74) is 6.56. The van der Waals surface area contributed by atoms with E-state index in [9.17, 15) is 13.2 Å². The summed E-state index contributed by atoms with van der Waals surface area (Å²) in [5.74, 6) is -0.170. The fourth-order valence-electron chi connectivity index (χ4n) is 2.61. The molecule has 0 radical (unpaired) electrons. The van der Waals surface area contributed by atoms with Crippen molar-refractivity contribution in [1.29, 1.82) is 0 Å². The Morgan fingerprint density at radius 1 is 1.29 bits per heavy atom. The van der Waals surface area contributed by atoms with Crippen molar-refractivity contribution in [2.75, 3.05) is 13.1 Å². The average molecular weight is 325 g/mol. The van der Waals surface area contributed by atoms with Crippen LogP contribution in [0.5, 0.6) is 5.75 Å². The molecule has 1 fully saturated rings. The lowest BCUT2D eigenvalue weighted by molar-refractivity contribution is -0.274. The SMILES string of the molecule is Cl.NCC1CCCCN1Cc1cccc(OC(F)(F)F)c1. The van der Waals surface area contributed by atoms with Gasteiger partial charge in [-0.2, -0.15) is 0 Å². The van der Waals surface area contributed by atoms with E-state index in [2.05, 4.69) is 9.64 Å². The molecule has 1 aromatic carbocycles. The largest absolute Gasteiger partial charge is 0.573 e. The molecule has 120 valence electrons. The van der Waals surface area contributed by atoms with Gasteiger partial charge in [0.05, 0.1) is 0 Å². The average Bonchev–Trinajstić information content (AvgIpc) is 2.38. The summed E-state index contributed by atoms with van der Waals surface area (Å²) in [4.78, 5) is 2.23. The number of nitrogens with zero attached hydrogens (tertiary/aromatic N) is 1. The Bertz CT molecular complexity index is 442. The predicted molar refractivity (Wildman–Crippen MR) is 77.5 cm³/mol. The van der Waals surface area contributed by atoms with Crippen molar-refractivity contribution < 1.29 is 17.9 Å². The smallest absolute Gasteiger partial charge is 0.406 e. The Morgan fingerprint density at radius 3 is 2.71 bits per heavy atom. The maximum Gasteiger partial charge on any atom is 0.573 e. The number of nitrogens with two attached hydrogens (primary N) is 1. The summed E-state index contributed by atoms with van der Waals surface area (Å²) in [5, 5.41) is 0. The quantitative estimate of drug-likeness (QED) is 0.923. The normalized spacial score (nSPS) is 19.9. The number of hydrogen-bond acceptors (Lipinski definition) is 3. The van der Waals surface area contributed by atoms with Gasteiger partial charge < -0.3 is 10.5 Å². The minimum absolute atomic E-state index is 0. The molecule has 2 rings (SSSR count). The molecule has 7 heteroatoms. The van der Waals surface area contributed by atoms with Gasteiger partial charge in [0, 0.05) is 19.1 Å². The second-order valence-electron chi connectivity index (χ2n) is 5.05. The van der Waals surface area contributed by atoms with E-state index in [0.29, 0.717) is 19.1 Å². The van der Waals surface area contributed by atoms with Crippen LogP contribution >= 0.6 is 12.4 Å². The highest BCUT2D eigenvalue weighted by Crippen LogP contribution is 2.25. The van der Waals surface area contributed by atoms with Crippen molar-refractivity contribution in [2.45, 2.75) is 38.2 Å². The van der Waals surface area contributed by atoms with Crippen LogP contribution in [0.4, 0.5) is 13.2 Å². The Hall–Kier alpha value is -0.980. The number of hydrogen-bond donors (Lipinski definition) is 1. The summed E-state index contributed by atoms with van der Waals surface area (Å²) in [7, 11) is 0. The van der Waals surface area contributed by atoms with Crippen molar-refractivity contribution >= 4 is 12.4 Å². The van der Waals surface area contributed by atoms with Gasteiger partial charge in [0.15, 0.2) is 0 Å². The lowest BCUT2D eigenvalue weighted by Crippen LogP contribution is -2.43. The van der Waals surface area contributed by atoms with Gasteiger partial charge in [-0.15, -0.1) is 25.6 Å². The Kier molecular flexibility index (Phi) is 6.77. The third-order valence-electron chi connectivity index (χ3n) is 3.54. The highest BCUT2D eigenvalue weighted by Gasteiger charge is 2.31. The first-order valence-electron chi connectivity index (χ1n) is 6.77. The van der Waals surface area contributed by atoms with Crippen LogP contribution in [0.25, 0.3) is 0 Å². The summed E-state index contributed by atoms with van der Waals surface area (Å²) < 4.78 is 40.5. The third-order valence-corrected chi connectivity index (χ3v) is 3.54. The van der Waals surface area contributed by atoms with Gasteiger partial charge in [0.2, 0.25) is 0 Å². The van der Waals surface area contributed by atoms with E-state index in [1.165, 1.54) is 12.1 Å². The number of piperidine rings is 1. The Labute approximate surface area is 128 Å². The number of ether oxygens (including phenoxy) is 1. The van der Waals surface area contributed by atoms with Gasteiger partial charge in [-0.25, -0.2) is 0 Å². The van der Waals surface area contributed by atoms with Crippen LogP contribution in [-0.4, -0.2) is 30.4 Å². The second-order valence-corrected chi connectivity index (χ2v) is 5.05. The van der Waals surface area contributed by atoms with Crippen molar-refractivity contribution in [3.63, 3.8) is 0 Å². The monoisotopic (exact) mass is 324 g/mol. The van der Waals surface area contributed by atoms with Crippen LogP contribution in [0.1, 0.15) is 24.8 Å². The molecule has 0 bridgehead atoms. The first-order valence-corrected chi connectivity index (χ1v) is 6.77. The molecule has 1 unspecified atom stereocenters. The summed E-state index contributed by atoms with van der Waals surface area (Å²) in [6.45, 7) is 2.13. The minimum Gasteiger partial charge on any atom is -0.406 e. The van der Waals surface area contributed by atoms with Gasteiger partial charge in [0.25, 0.3) is 0 Å². The zero-order chi connectivity index (χ0) is 14.6. The molecule has 1 aliphatic heterocycles. The van der Waals surface area contributed by atoms with E-state index in [-0.39, 0.29) is 18.2 Å². The van der Waals surface area contributed by atoms with Crippen molar-refractivity contribution in [1.82, 2.24) is 4.90 Å². The lowest BCUT2D eigenvalue weighted by atomic mass is 10.0. The van der Waals surface area contributed by atoms with Gasteiger partial charge in [0.1, 0.15) is 5.75 Å². The van der Waals surface area contributed by atoms with E-state index < -0.39 is 6.36 Å². The molecule has 0 spiro atoms. The molecular weight excluding hydrogens is 305 g/mol. The van der Waals surface area contributed by atoms with Crippen molar-refractivity contribution in [3.05, 3.63) is 29.8 Å². The van der Waals surface area contributed by atoms with Gasteiger partial charge in [-0.05, 0) is 37.1 Å². The van der Waals surface area contributed by atoms with Crippen LogP contribution in [-0.2, 0) is 6.54 Å². The maximum atomic E-state index is 12.2. The summed E-state index contributed by atoms with van der Waals surface area (Å²) >= 11 is 0. The first-order chi connectivity index (χ1) is 9.48. The molecule has 1 atom stereocenters. The van der Waals surface area contributed by atoms with Gasteiger partial charge in [-0.1, -0.05) is 18.6 Å². The van der Waals surface area contributed by atoms with Crippen molar-refractivity contribution in [2.24, 2.45) is 5.73 Å². The Balaban J connectivity index is 0.00000220. The fraction of sp³-hybridized carbons (Fsp3) is 0.571. The zero-order valence-corrected chi connectivity index (χ0v) is 12.4. The topological polar surface area (TPSA) is 38.5 Å². The standard InChI is InChI=1S/C14H19F3N2O.ClH/c15-14(16,17)20-13-6-3-4-11(8-13)10-19-7-2-1-5-12(19)9-18;/h3-4,6,8,12H,1-2,5,7,9-10,18H2;1H. The number of rotatable bonds is 4. The highest BCUT2D eigenvalue weighted by atomic mass is 35.5. The van der Waals surface area contributed by atoms with E-state index in [4.69, 9.17) is 5.73 Å². The first kappa shape index (κ1) is 18.1. The summed E-state index contributed by atoms with van der Waals surface area (Å²) in [6.07, 6.45) is -1.33. The highest BCUT2D eigenvalue weighted by molar-refractivity contribution is 5.85. The van der Waals surface area contributed by atoms with E-state index in [1.807, 2.05) is 6.07 Å². The molecule has 21 heavy (non-hydrogen) atoms. The minimum atomic E-state index is -4.65. The molecule has 0 saturated carbocycles. The number of halogens is 4. The van der Waals surface area contributed by atoms with Crippen LogP contribution in [0.3, 0.4) is 0 Å². The summed E-state index contributed by atoms with van der Waals surface area (Å²) in [6, 6.07) is 6.46. The molecule has 1 heterocycles. The molecule has 1 aromatic rings. The van der Waals surface area contributed by atoms with Crippen LogP contribution < -0.4 is 10.5 Å². The van der Waals surface area contributed by atoms with Gasteiger partial charge >= 0.3 is 6.36 Å². The lowest BCUT2D eigenvalue weighted by Gasteiger charge is -2.35. The molecular formula is C14H20ClF3N2O. The van der Waals surface area contributed by atoms with Gasteiger partial charge in [-0.3, -0.25) is 4.90 Å². The zero-order valence-electron chi connectivity index (χ0n) is 11.6. The number of alkyl halides is 3.